The number of hydrogen-bond acceptors (Lipinski definition) is 5. The lowest BCUT2D eigenvalue weighted by atomic mass is 9.70. The van der Waals surface area contributed by atoms with Crippen LogP contribution in [0.3, 0.4) is 0 Å². The number of fused-ring (bicyclic) bond motifs is 5. The van der Waals surface area contributed by atoms with Crippen LogP contribution < -0.4 is 0 Å². The van der Waals surface area contributed by atoms with Crippen molar-refractivity contribution in [1.29, 1.82) is 0 Å². The summed E-state index contributed by atoms with van der Waals surface area (Å²) in [5.74, 6) is -0.957. The van der Waals surface area contributed by atoms with Gasteiger partial charge in [0.2, 0.25) is 0 Å². The molecule has 5 heteroatoms. The first-order valence-corrected chi connectivity index (χ1v) is 9.94. The molecule has 0 radical (unpaired) electrons. The zero-order chi connectivity index (χ0) is 20.8. The number of rotatable bonds is 5. The fourth-order valence-electron chi connectivity index (χ4n) is 5.08. The average Bonchev–Trinajstić information content (AvgIpc) is 3.07. The van der Waals surface area contributed by atoms with Crippen LogP contribution in [0.15, 0.2) is 65.7 Å². The molecule has 2 atom stereocenters. The van der Waals surface area contributed by atoms with Crippen molar-refractivity contribution in [3.63, 3.8) is 0 Å². The number of ether oxygens (including phenoxy) is 2. The van der Waals surface area contributed by atoms with E-state index in [2.05, 4.69) is 4.90 Å². The Balaban J connectivity index is 2.13. The van der Waals surface area contributed by atoms with Gasteiger partial charge in [-0.2, -0.15) is 0 Å². The number of carbonyl (C=O) groups excluding carboxylic acids is 2. The fourth-order valence-corrected chi connectivity index (χ4v) is 5.08. The number of nitrogens with zero attached hydrogens (tertiary/aromatic N) is 1. The molecule has 2 aromatic rings. The Morgan fingerprint density at radius 1 is 0.828 bits per heavy atom. The van der Waals surface area contributed by atoms with Gasteiger partial charge < -0.3 is 9.47 Å². The number of hydrogen-bond donors (Lipinski definition) is 0. The van der Waals surface area contributed by atoms with Gasteiger partial charge in [-0.3, -0.25) is 4.90 Å². The standard InChI is InChI=1S/C24H25NO4/c1-5-28-21(26)19-20(22(27)29-6-2)24(16-12-8-7-9-13-16)18-15-11-10-14-17(18)23(19,3)25(24)4/h7-15H,5-6H2,1-4H3. The van der Waals surface area contributed by atoms with Crippen molar-refractivity contribution in [2.75, 3.05) is 20.3 Å². The molecule has 5 nitrogen and oxygen atoms in total. The van der Waals surface area contributed by atoms with E-state index in [0.29, 0.717) is 11.1 Å². The molecule has 2 aliphatic heterocycles. The van der Waals surface area contributed by atoms with E-state index >= 15 is 0 Å². The summed E-state index contributed by atoms with van der Waals surface area (Å²) < 4.78 is 10.9. The lowest BCUT2D eigenvalue weighted by Gasteiger charge is -2.37. The van der Waals surface area contributed by atoms with E-state index in [4.69, 9.17) is 9.47 Å². The zero-order valence-corrected chi connectivity index (χ0v) is 17.2. The molecular formula is C24H25NO4. The normalized spacial score (nSPS) is 25.1. The molecule has 0 spiro atoms. The first-order chi connectivity index (χ1) is 13.9. The van der Waals surface area contributed by atoms with Crippen LogP contribution in [0.25, 0.3) is 0 Å². The van der Waals surface area contributed by atoms with E-state index in [9.17, 15) is 9.59 Å². The summed E-state index contributed by atoms with van der Waals surface area (Å²) in [6.45, 7) is 5.98. The maximum atomic E-state index is 13.3. The molecule has 29 heavy (non-hydrogen) atoms. The molecule has 2 unspecified atom stereocenters. The van der Waals surface area contributed by atoms with E-state index in [-0.39, 0.29) is 13.2 Å². The van der Waals surface area contributed by atoms with Crippen molar-refractivity contribution >= 4 is 11.9 Å². The third kappa shape index (κ3) is 2.31. The van der Waals surface area contributed by atoms with Crippen LogP contribution in [0.1, 0.15) is 37.5 Å². The number of benzene rings is 2. The summed E-state index contributed by atoms with van der Waals surface area (Å²) in [5.41, 5.74) is 1.91. The largest absolute Gasteiger partial charge is 0.463 e. The van der Waals surface area contributed by atoms with Gasteiger partial charge in [0.25, 0.3) is 0 Å². The lowest BCUT2D eigenvalue weighted by molar-refractivity contribution is -0.142. The van der Waals surface area contributed by atoms with Gasteiger partial charge in [-0.25, -0.2) is 9.59 Å². The van der Waals surface area contributed by atoms with Gasteiger partial charge in [0, 0.05) is 0 Å². The predicted molar refractivity (Wildman–Crippen MR) is 109 cm³/mol. The minimum atomic E-state index is -0.916. The SMILES string of the molecule is CCOC(=O)C1=C(C(=O)OCC)C2(c3ccccc3)c3ccccc3C1(C)N2C. The Bertz CT molecular complexity index is 1010. The third-order valence-corrected chi connectivity index (χ3v) is 6.26. The van der Waals surface area contributed by atoms with Crippen molar-refractivity contribution in [3.8, 4) is 0 Å². The first-order valence-electron chi connectivity index (χ1n) is 9.94. The summed E-state index contributed by atoms with van der Waals surface area (Å²) in [4.78, 5) is 28.6. The van der Waals surface area contributed by atoms with Crippen LogP contribution in [0.2, 0.25) is 0 Å². The Morgan fingerprint density at radius 2 is 1.34 bits per heavy atom. The number of carbonyl (C=O) groups is 2. The van der Waals surface area contributed by atoms with Crippen molar-refractivity contribution in [3.05, 3.63) is 82.4 Å². The van der Waals surface area contributed by atoms with Crippen LogP contribution in [0.5, 0.6) is 0 Å². The Labute approximate surface area is 170 Å². The van der Waals surface area contributed by atoms with Gasteiger partial charge >= 0.3 is 11.9 Å². The quantitative estimate of drug-likeness (QED) is 0.730. The Hall–Kier alpha value is -2.92. The monoisotopic (exact) mass is 391 g/mol. The zero-order valence-electron chi connectivity index (χ0n) is 17.2. The molecule has 0 amide bonds. The molecule has 150 valence electrons. The van der Waals surface area contributed by atoms with E-state index < -0.39 is 23.0 Å². The van der Waals surface area contributed by atoms with E-state index in [1.165, 1.54) is 0 Å². The highest BCUT2D eigenvalue weighted by Gasteiger charge is 2.68. The smallest absolute Gasteiger partial charge is 0.337 e. The maximum absolute atomic E-state index is 13.3. The summed E-state index contributed by atoms with van der Waals surface area (Å²) in [6, 6.07) is 17.8. The summed E-state index contributed by atoms with van der Waals surface area (Å²) >= 11 is 0. The van der Waals surface area contributed by atoms with Gasteiger partial charge in [-0.15, -0.1) is 0 Å². The second-order valence-corrected chi connectivity index (χ2v) is 7.44. The van der Waals surface area contributed by atoms with Crippen LogP contribution in [-0.4, -0.2) is 37.1 Å². The molecule has 2 heterocycles. The van der Waals surface area contributed by atoms with Crippen LogP contribution in [0, 0.1) is 0 Å². The Morgan fingerprint density at radius 3 is 1.93 bits per heavy atom. The van der Waals surface area contributed by atoms with Gasteiger partial charge in [0.05, 0.1) is 29.9 Å². The van der Waals surface area contributed by atoms with Crippen molar-refractivity contribution < 1.29 is 19.1 Å². The van der Waals surface area contributed by atoms with Crippen molar-refractivity contribution in [1.82, 2.24) is 4.90 Å². The topological polar surface area (TPSA) is 55.8 Å². The minimum Gasteiger partial charge on any atom is -0.463 e. The fraction of sp³-hybridized carbons (Fsp3) is 0.333. The van der Waals surface area contributed by atoms with Gasteiger partial charge in [0.1, 0.15) is 5.54 Å². The second kappa shape index (κ2) is 6.85. The minimum absolute atomic E-state index is 0.228. The van der Waals surface area contributed by atoms with Crippen molar-refractivity contribution in [2.24, 2.45) is 0 Å². The van der Waals surface area contributed by atoms with E-state index in [1.54, 1.807) is 13.8 Å². The molecular weight excluding hydrogens is 366 g/mol. The van der Waals surface area contributed by atoms with E-state index in [1.807, 2.05) is 68.6 Å². The van der Waals surface area contributed by atoms with Crippen LogP contribution in [-0.2, 0) is 30.1 Å². The highest BCUT2D eigenvalue weighted by molar-refractivity contribution is 6.07. The summed E-state index contributed by atoms with van der Waals surface area (Å²) in [7, 11) is 1.96. The molecule has 0 saturated heterocycles. The second-order valence-electron chi connectivity index (χ2n) is 7.44. The molecule has 0 N–H and O–H groups in total. The van der Waals surface area contributed by atoms with Gasteiger partial charge in [0.15, 0.2) is 0 Å². The molecule has 0 aliphatic carbocycles. The highest BCUT2D eigenvalue weighted by Crippen LogP contribution is 2.64. The lowest BCUT2D eigenvalue weighted by Crippen LogP contribution is -2.44. The molecule has 4 rings (SSSR count). The summed E-state index contributed by atoms with van der Waals surface area (Å²) in [5, 5.41) is 0. The molecule has 2 aromatic carbocycles. The van der Waals surface area contributed by atoms with Gasteiger partial charge in [-0.05, 0) is 44.5 Å². The van der Waals surface area contributed by atoms with Gasteiger partial charge in [-0.1, -0.05) is 54.6 Å². The van der Waals surface area contributed by atoms with Crippen molar-refractivity contribution in [2.45, 2.75) is 31.8 Å². The number of esters is 2. The highest BCUT2D eigenvalue weighted by atomic mass is 16.5. The molecule has 2 aliphatic rings. The summed E-state index contributed by atoms with van der Waals surface area (Å²) in [6.07, 6.45) is 0. The maximum Gasteiger partial charge on any atom is 0.337 e. The molecule has 0 fully saturated rings. The molecule has 0 saturated carbocycles. The number of likely N-dealkylation sites (N-methyl/N-ethyl adjacent to an activating group) is 1. The predicted octanol–water partition coefficient (Wildman–Crippen LogP) is 3.53. The Kier molecular flexibility index (Phi) is 4.58. The first kappa shape index (κ1) is 19.4. The van der Waals surface area contributed by atoms with Crippen LogP contribution in [0.4, 0.5) is 0 Å². The van der Waals surface area contributed by atoms with E-state index in [0.717, 1.165) is 16.7 Å². The van der Waals surface area contributed by atoms with Crippen LogP contribution >= 0.6 is 0 Å². The molecule has 2 bridgehead atoms. The molecule has 0 aromatic heterocycles. The third-order valence-electron chi connectivity index (χ3n) is 6.26. The average molecular weight is 391 g/mol.